The van der Waals surface area contributed by atoms with Crippen LogP contribution in [0.3, 0.4) is 0 Å². The Balaban J connectivity index is 1.40. The van der Waals surface area contributed by atoms with E-state index < -0.39 is 29.7 Å². The molecule has 2 heterocycles. The minimum Gasteiger partial charge on any atom is -0.473 e. The highest BCUT2D eigenvalue weighted by Gasteiger charge is 2.23. The van der Waals surface area contributed by atoms with Crippen molar-refractivity contribution in [3.05, 3.63) is 113 Å². The predicted octanol–water partition coefficient (Wildman–Crippen LogP) is 7.20. The highest BCUT2D eigenvalue weighted by Crippen LogP contribution is 2.29. The first kappa shape index (κ1) is 30.3. The van der Waals surface area contributed by atoms with Gasteiger partial charge >= 0.3 is 5.97 Å². The fourth-order valence-electron chi connectivity index (χ4n) is 4.79. The Morgan fingerprint density at radius 3 is 2.52 bits per heavy atom. The highest BCUT2D eigenvalue weighted by atomic mass is 19.1. The molecule has 0 amide bonds. The summed E-state index contributed by atoms with van der Waals surface area (Å²) in [5.74, 6) is -0.782. The summed E-state index contributed by atoms with van der Waals surface area (Å²) in [6.07, 6.45) is 0.258. The summed E-state index contributed by atoms with van der Waals surface area (Å²) in [5.41, 5.74) is 2.61. The number of alkyl halides is 1. The molecule has 0 fully saturated rings. The molecule has 0 aliphatic heterocycles. The van der Waals surface area contributed by atoms with Gasteiger partial charge in [0, 0.05) is 35.6 Å². The van der Waals surface area contributed by atoms with Crippen molar-refractivity contribution in [3.63, 3.8) is 0 Å². The second kappa shape index (κ2) is 12.6. The second-order valence-corrected chi connectivity index (χ2v) is 11.2. The number of methoxy groups -OCH3 is 1. The molecule has 0 aliphatic rings. The Bertz CT molecular complexity index is 1900. The zero-order valence-electron chi connectivity index (χ0n) is 24.4. The molecule has 5 aromatic rings. The topological polar surface area (TPSA) is 90.0 Å². The maximum absolute atomic E-state index is 15.5. The number of benzene rings is 3. The van der Waals surface area contributed by atoms with Gasteiger partial charge in [0.1, 0.15) is 24.1 Å². The van der Waals surface area contributed by atoms with Crippen molar-refractivity contribution in [2.45, 2.75) is 33.4 Å². The number of esters is 1. The third kappa shape index (κ3) is 6.57. The molecule has 0 spiro atoms. The van der Waals surface area contributed by atoms with Gasteiger partial charge in [0.15, 0.2) is 0 Å². The molecule has 0 bridgehead atoms. The molecular formula is C34H29F3N4O3. The summed E-state index contributed by atoms with van der Waals surface area (Å²) in [4.78, 5) is 21.3. The van der Waals surface area contributed by atoms with Crippen molar-refractivity contribution in [2.75, 3.05) is 13.8 Å². The number of carbonyl (C=O) groups excluding carboxylic acids is 1. The van der Waals surface area contributed by atoms with Crippen LogP contribution >= 0.6 is 0 Å². The first-order valence-corrected chi connectivity index (χ1v) is 13.8. The van der Waals surface area contributed by atoms with Crippen LogP contribution in [0.25, 0.3) is 22.3 Å². The predicted molar refractivity (Wildman–Crippen MR) is 159 cm³/mol. The Kier molecular flexibility index (Phi) is 8.67. The quantitative estimate of drug-likeness (QED) is 0.158. The minimum absolute atomic E-state index is 0.114. The number of hydrogen-bond donors (Lipinski definition) is 0. The van der Waals surface area contributed by atoms with Gasteiger partial charge in [-0.15, -0.1) is 0 Å². The lowest BCUT2D eigenvalue weighted by Gasteiger charge is -2.23. The average molecular weight is 599 g/mol. The summed E-state index contributed by atoms with van der Waals surface area (Å²) >= 11 is 0. The van der Waals surface area contributed by atoms with E-state index in [-0.39, 0.29) is 35.6 Å². The first-order valence-electron chi connectivity index (χ1n) is 13.8. The highest BCUT2D eigenvalue weighted by molar-refractivity contribution is 5.93. The Labute approximate surface area is 252 Å². The van der Waals surface area contributed by atoms with Crippen LogP contribution in [-0.4, -0.2) is 34.3 Å². The van der Waals surface area contributed by atoms with E-state index >= 15 is 4.39 Å². The lowest BCUT2D eigenvalue weighted by atomic mass is 9.95. The van der Waals surface area contributed by atoms with E-state index in [0.717, 1.165) is 6.07 Å². The molecular weight excluding hydrogens is 569 g/mol. The van der Waals surface area contributed by atoms with Gasteiger partial charge in [-0.1, -0.05) is 32.0 Å². The minimum atomic E-state index is -0.705. The summed E-state index contributed by atoms with van der Waals surface area (Å²) < 4.78 is 55.9. The van der Waals surface area contributed by atoms with Crippen molar-refractivity contribution in [2.24, 2.45) is 5.41 Å². The third-order valence-electron chi connectivity index (χ3n) is 7.15. The number of fused-ring (bicyclic) bond motifs is 1. The lowest BCUT2D eigenvalue weighted by molar-refractivity contribution is 0.0601. The molecule has 0 radical (unpaired) electrons. The molecule has 0 saturated heterocycles. The molecule has 7 nitrogen and oxygen atoms in total. The van der Waals surface area contributed by atoms with Crippen LogP contribution in [0.5, 0.6) is 5.88 Å². The zero-order chi connectivity index (χ0) is 31.4. The van der Waals surface area contributed by atoms with Crippen LogP contribution in [-0.2, 0) is 24.3 Å². The number of carbonyl (C=O) groups is 1. The van der Waals surface area contributed by atoms with Gasteiger partial charge in [-0.2, -0.15) is 5.26 Å². The van der Waals surface area contributed by atoms with E-state index in [1.54, 1.807) is 62.4 Å². The second-order valence-electron chi connectivity index (χ2n) is 11.2. The molecule has 10 heteroatoms. The fourth-order valence-corrected chi connectivity index (χ4v) is 4.79. The first-order chi connectivity index (χ1) is 21.1. The van der Waals surface area contributed by atoms with Crippen LogP contribution in [0.15, 0.2) is 72.8 Å². The number of ether oxygens (including phenoxy) is 2. The van der Waals surface area contributed by atoms with Crippen molar-refractivity contribution in [3.8, 4) is 23.2 Å². The molecule has 0 atom stereocenters. The molecule has 0 unspecified atom stereocenters. The van der Waals surface area contributed by atoms with Gasteiger partial charge in [-0.25, -0.2) is 23.5 Å². The van der Waals surface area contributed by atoms with E-state index in [2.05, 4.69) is 4.98 Å². The Morgan fingerprint density at radius 1 is 1.00 bits per heavy atom. The Morgan fingerprint density at radius 2 is 1.82 bits per heavy atom. The van der Waals surface area contributed by atoms with Crippen molar-refractivity contribution < 1.29 is 27.4 Å². The third-order valence-corrected chi connectivity index (χ3v) is 7.15. The van der Waals surface area contributed by atoms with Gasteiger partial charge in [0.2, 0.25) is 5.88 Å². The number of nitriles is 1. The van der Waals surface area contributed by atoms with Gasteiger partial charge < -0.3 is 14.0 Å². The zero-order valence-corrected chi connectivity index (χ0v) is 24.4. The van der Waals surface area contributed by atoms with Crippen LogP contribution < -0.4 is 4.74 Å². The smallest absolute Gasteiger partial charge is 0.337 e. The lowest BCUT2D eigenvalue weighted by Crippen LogP contribution is -2.23. The number of nitrogens with zero attached hydrogens (tertiary/aromatic N) is 4. The number of imidazole rings is 1. The summed E-state index contributed by atoms with van der Waals surface area (Å²) in [6.45, 7) is 3.21. The fraction of sp³-hybridized carbons (Fsp3) is 0.235. The monoisotopic (exact) mass is 598 g/mol. The largest absolute Gasteiger partial charge is 0.473 e. The summed E-state index contributed by atoms with van der Waals surface area (Å²) in [6, 6.07) is 20.7. The summed E-state index contributed by atoms with van der Waals surface area (Å²) in [5, 5.41) is 8.92. The Hall–Kier alpha value is -5.17. The standard InChI is InChI=1S/C34H29F3N4O3/c1-34(2,19-35)20-41-30-16-23(33(42)43-3)10-12-29(30)39-31(41)15-21-8-11-25(27(37)13-21)28-5-4-6-32(40-28)44-18-24-9-7-22(17-38)14-26(24)36/h4-14,16H,15,18-20H2,1-3H3. The van der Waals surface area contributed by atoms with E-state index in [1.807, 2.05) is 10.6 Å². The van der Waals surface area contributed by atoms with Gasteiger partial charge in [-0.3, -0.25) is 4.39 Å². The maximum atomic E-state index is 15.5. The number of aromatic nitrogens is 3. The number of halogens is 3. The van der Waals surface area contributed by atoms with E-state index in [0.29, 0.717) is 40.2 Å². The van der Waals surface area contributed by atoms with Crippen LogP contribution in [0.2, 0.25) is 0 Å². The molecule has 0 N–H and O–H groups in total. The van der Waals surface area contributed by atoms with Crippen LogP contribution in [0.1, 0.15) is 46.7 Å². The number of pyridine rings is 1. The SMILES string of the molecule is COC(=O)c1ccc2nc(Cc3ccc(-c4cccc(OCc5ccc(C#N)cc5F)n4)c(F)c3)n(CC(C)(C)CF)c2c1. The maximum Gasteiger partial charge on any atom is 0.337 e. The average Bonchev–Trinajstić information content (AvgIpc) is 3.35. The molecule has 2 aromatic heterocycles. The van der Waals surface area contributed by atoms with Gasteiger partial charge in [-0.05, 0) is 54.1 Å². The molecule has 5 rings (SSSR count). The number of hydrogen-bond acceptors (Lipinski definition) is 6. The van der Waals surface area contributed by atoms with E-state index in [4.69, 9.17) is 19.7 Å². The van der Waals surface area contributed by atoms with Gasteiger partial charge in [0.25, 0.3) is 0 Å². The van der Waals surface area contributed by atoms with Gasteiger partial charge in [0.05, 0.1) is 47.7 Å². The van der Waals surface area contributed by atoms with Crippen LogP contribution in [0, 0.1) is 28.4 Å². The summed E-state index contributed by atoms with van der Waals surface area (Å²) in [7, 11) is 1.30. The molecule has 44 heavy (non-hydrogen) atoms. The molecule has 0 saturated carbocycles. The van der Waals surface area contributed by atoms with Crippen molar-refractivity contribution in [1.82, 2.24) is 14.5 Å². The molecule has 0 aliphatic carbocycles. The number of rotatable bonds is 10. The molecule has 224 valence electrons. The molecule has 3 aromatic carbocycles. The van der Waals surface area contributed by atoms with E-state index in [9.17, 15) is 13.6 Å². The van der Waals surface area contributed by atoms with Crippen LogP contribution in [0.4, 0.5) is 13.2 Å². The van der Waals surface area contributed by atoms with Crippen molar-refractivity contribution in [1.29, 1.82) is 5.26 Å². The van der Waals surface area contributed by atoms with E-state index in [1.165, 1.54) is 25.3 Å². The van der Waals surface area contributed by atoms with Crippen molar-refractivity contribution >= 4 is 17.0 Å². The normalized spacial score (nSPS) is 11.4.